The van der Waals surface area contributed by atoms with E-state index < -0.39 is 11.6 Å². The van der Waals surface area contributed by atoms with Gasteiger partial charge in [0.1, 0.15) is 0 Å². The van der Waals surface area contributed by atoms with Crippen LogP contribution in [-0.2, 0) is 27.3 Å². The molecule has 0 aliphatic carbocycles. The number of benzene rings is 3. The fraction of sp³-hybridized carbons (Fsp3) is 0.417. The molecule has 228 valence electrons. The summed E-state index contributed by atoms with van der Waals surface area (Å²) in [5.41, 5.74) is 8.20. The number of amides is 1. The van der Waals surface area contributed by atoms with Crippen molar-refractivity contribution in [1.29, 1.82) is 0 Å². The van der Waals surface area contributed by atoms with Gasteiger partial charge in [0.2, 0.25) is 5.91 Å². The Balaban J connectivity index is 1.57. The zero-order chi connectivity index (χ0) is 31.0. The standard InChI is InChI=1S/C36H45N3O4/c1-5-43-35(42)28-18-21-39(22-19-28)25-30-13-8-9-14-31(30)34(41)32(38(4)33(40)15-10-20-36(2,3)37)24-26-16-17-27-11-6-7-12-29(27)23-26/h6-17,23,28,32H,5,18-22,24-25,37H2,1-4H3/b15-10+/t32-/m1/s1. The number of hydrogen-bond acceptors (Lipinski definition) is 6. The number of nitrogens with zero attached hydrogens (tertiary/aromatic N) is 2. The summed E-state index contributed by atoms with van der Waals surface area (Å²) in [6, 6.07) is 21.3. The molecule has 1 fully saturated rings. The second-order valence-electron chi connectivity index (χ2n) is 12.3. The van der Waals surface area contributed by atoms with E-state index in [0.717, 1.165) is 47.8 Å². The van der Waals surface area contributed by atoms with Crippen molar-refractivity contribution in [2.75, 3.05) is 26.7 Å². The highest BCUT2D eigenvalue weighted by molar-refractivity contribution is 6.04. The van der Waals surface area contributed by atoms with Crippen molar-refractivity contribution < 1.29 is 19.1 Å². The van der Waals surface area contributed by atoms with Gasteiger partial charge in [0.25, 0.3) is 0 Å². The predicted octanol–water partition coefficient (Wildman–Crippen LogP) is 5.55. The quantitative estimate of drug-likeness (QED) is 0.171. The third kappa shape index (κ3) is 8.85. The van der Waals surface area contributed by atoms with Gasteiger partial charge in [0.05, 0.1) is 18.6 Å². The van der Waals surface area contributed by atoms with Gasteiger partial charge in [0.15, 0.2) is 5.78 Å². The Bertz CT molecular complexity index is 1450. The molecule has 2 N–H and O–H groups in total. The average molecular weight is 584 g/mol. The second-order valence-corrected chi connectivity index (χ2v) is 12.3. The number of carbonyl (C=O) groups is 3. The van der Waals surface area contributed by atoms with Gasteiger partial charge in [-0.2, -0.15) is 0 Å². The number of likely N-dealkylation sites (tertiary alicyclic amines) is 1. The molecule has 0 bridgehead atoms. The van der Waals surface area contributed by atoms with E-state index in [1.54, 1.807) is 18.0 Å². The number of ketones is 1. The third-order valence-electron chi connectivity index (χ3n) is 8.15. The van der Waals surface area contributed by atoms with Crippen LogP contribution < -0.4 is 5.73 Å². The van der Waals surface area contributed by atoms with E-state index in [9.17, 15) is 14.4 Å². The molecular weight excluding hydrogens is 538 g/mol. The smallest absolute Gasteiger partial charge is 0.309 e. The first-order valence-corrected chi connectivity index (χ1v) is 15.3. The molecule has 43 heavy (non-hydrogen) atoms. The molecule has 0 saturated carbocycles. The highest BCUT2D eigenvalue weighted by atomic mass is 16.5. The Morgan fingerprint density at radius 3 is 2.40 bits per heavy atom. The SMILES string of the molecule is CCOC(=O)C1CCN(Cc2ccccc2C(=O)[C@@H](Cc2ccc3ccccc3c2)N(C)C(=O)/C=C/CC(C)(C)N)CC1. The molecule has 7 heteroatoms. The highest BCUT2D eigenvalue weighted by Gasteiger charge is 2.30. The molecule has 3 aromatic carbocycles. The predicted molar refractivity (Wildman–Crippen MR) is 172 cm³/mol. The zero-order valence-corrected chi connectivity index (χ0v) is 25.9. The number of nitrogens with two attached hydrogens (primary N) is 1. The van der Waals surface area contributed by atoms with E-state index >= 15 is 0 Å². The largest absolute Gasteiger partial charge is 0.466 e. The number of ether oxygens (including phenoxy) is 1. The average Bonchev–Trinajstić information content (AvgIpc) is 2.99. The Labute approximate surface area is 255 Å². The van der Waals surface area contributed by atoms with Crippen LogP contribution in [0.25, 0.3) is 10.8 Å². The van der Waals surface area contributed by atoms with Crippen LogP contribution in [0.1, 0.15) is 61.5 Å². The molecule has 7 nitrogen and oxygen atoms in total. The Kier molecular flexibility index (Phi) is 10.9. The molecular formula is C36H45N3O4. The number of rotatable bonds is 12. The monoisotopic (exact) mass is 583 g/mol. The Morgan fingerprint density at radius 2 is 1.70 bits per heavy atom. The summed E-state index contributed by atoms with van der Waals surface area (Å²) in [7, 11) is 1.70. The van der Waals surface area contributed by atoms with Gasteiger partial charge in [0, 0.05) is 31.1 Å². The molecule has 1 aliphatic heterocycles. The van der Waals surface area contributed by atoms with Gasteiger partial charge in [-0.15, -0.1) is 0 Å². The van der Waals surface area contributed by atoms with E-state index in [-0.39, 0.29) is 23.6 Å². The van der Waals surface area contributed by atoms with Crippen LogP contribution in [0.3, 0.4) is 0 Å². The third-order valence-corrected chi connectivity index (χ3v) is 8.15. The van der Waals surface area contributed by atoms with Gasteiger partial charge < -0.3 is 15.4 Å². The summed E-state index contributed by atoms with van der Waals surface area (Å²) in [5.74, 6) is -0.515. The molecule has 4 rings (SSSR count). The number of esters is 1. The van der Waals surface area contributed by atoms with Gasteiger partial charge >= 0.3 is 5.97 Å². The van der Waals surface area contributed by atoms with Crippen LogP contribution in [0.2, 0.25) is 0 Å². The summed E-state index contributed by atoms with van der Waals surface area (Å²) < 4.78 is 5.22. The van der Waals surface area contributed by atoms with E-state index in [1.807, 2.05) is 63.2 Å². The van der Waals surface area contributed by atoms with Crippen molar-refractivity contribution in [2.45, 2.75) is 64.6 Å². The van der Waals surface area contributed by atoms with Crippen LogP contribution in [-0.4, -0.2) is 65.8 Å². The van der Waals surface area contributed by atoms with Crippen LogP contribution in [0.15, 0.2) is 78.9 Å². The molecule has 1 heterocycles. The topological polar surface area (TPSA) is 92.9 Å². The molecule has 0 spiro atoms. The lowest BCUT2D eigenvalue weighted by molar-refractivity contribution is -0.149. The van der Waals surface area contributed by atoms with Crippen molar-refractivity contribution in [1.82, 2.24) is 9.80 Å². The van der Waals surface area contributed by atoms with Crippen molar-refractivity contribution in [2.24, 2.45) is 11.7 Å². The summed E-state index contributed by atoms with van der Waals surface area (Å²) in [6.07, 6.45) is 5.72. The van der Waals surface area contributed by atoms with Crippen molar-refractivity contribution in [3.8, 4) is 0 Å². The highest BCUT2D eigenvalue weighted by Crippen LogP contribution is 2.24. The molecule has 3 aromatic rings. The first-order valence-electron chi connectivity index (χ1n) is 15.3. The van der Waals surface area contributed by atoms with Crippen LogP contribution >= 0.6 is 0 Å². The molecule has 1 atom stereocenters. The minimum Gasteiger partial charge on any atom is -0.466 e. The van der Waals surface area contributed by atoms with Gasteiger partial charge in [-0.3, -0.25) is 19.3 Å². The van der Waals surface area contributed by atoms with E-state index in [0.29, 0.717) is 31.6 Å². The summed E-state index contributed by atoms with van der Waals surface area (Å²) in [6.45, 7) is 8.16. The van der Waals surface area contributed by atoms with Gasteiger partial charge in [-0.05, 0) is 81.1 Å². The summed E-state index contributed by atoms with van der Waals surface area (Å²) >= 11 is 0. The fourth-order valence-corrected chi connectivity index (χ4v) is 5.64. The summed E-state index contributed by atoms with van der Waals surface area (Å²) in [4.78, 5) is 43.7. The van der Waals surface area contributed by atoms with Gasteiger partial charge in [-0.1, -0.05) is 72.8 Å². The number of hydrogen-bond donors (Lipinski definition) is 1. The lowest BCUT2D eigenvalue weighted by atomic mass is 9.91. The zero-order valence-electron chi connectivity index (χ0n) is 25.9. The number of carbonyl (C=O) groups excluding carboxylic acids is 3. The normalized spacial score (nSPS) is 15.5. The maximum absolute atomic E-state index is 14.3. The minimum absolute atomic E-state index is 0.0722. The number of likely N-dealkylation sites (N-methyl/N-ethyl adjacent to an activating group) is 1. The lowest BCUT2D eigenvalue weighted by Crippen LogP contribution is -2.44. The lowest BCUT2D eigenvalue weighted by Gasteiger charge is -2.32. The fourth-order valence-electron chi connectivity index (χ4n) is 5.64. The van der Waals surface area contributed by atoms with E-state index in [2.05, 4.69) is 29.2 Å². The Morgan fingerprint density at radius 1 is 1.02 bits per heavy atom. The number of piperidine rings is 1. The number of Topliss-reactive ketones (excluding diaryl/α,β-unsaturated/α-hetero) is 1. The molecule has 0 unspecified atom stereocenters. The molecule has 0 radical (unpaired) electrons. The van der Waals surface area contributed by atoms with E-state index in [4.69, 9.17) is 10.5 Å². The number of fused-ring (bicyclic) bond motifs is 1. The van der Waals surface area contributed by atoms with Crippen molar-refractivity contribution >= 4 is 28.4 Å². The second kappa shape index (κ2) is 14.6. The molecule has 1 aliphatic rings. The Hall–Kier alpha value is -3.81. The van der Waals surface area contributed by atoms with E-state index in [1.165, 1.54) is 6.08 Å². The van der Waals surface area contributed by atoms with Crippen LogP contribution in [0, 0.1) is 5.92 Å². The van der Waals surface area contributed by atoms with Crippen LogP contribution in [0.4, 0.5) is 0 Å². The van der Waals surface area contributed by atoms with Crippen molar-refractivity contribution in [3.05, 3.63) is 95.6 Å². The first-order chi connectivity index (χ1) is 20.6. The van der Waals surface area contributed by atoms with Crippen LogP contribution in [0.5, 0.6) is 0 Å². The molecule has 1 amide bonds. The molecule has 0 aromatic heterocycles. The first kappa shape index (κ1) is 32.1. The maximum Gasteiger partial charge on any atom is 0.309 e. The molecule has 1 saturated heterocycles. The van der Waals surface area contributed by atoms with Crippen molar-refractivity contribution in [3.63, 3.8) is 0 Å². The maximum atomic E-state index is 14.3. The van der Waals surface area contributed by atoms with Gasteiger partial charge in [-0.25, -0.2) is 0 Å². The minimum atomic E-state index is -0.695. The summed E-state index contributed by atoms with van der Waals surface area (Å²) in [5, 5.41) is 2.22.